The minimum Gasteiger partial charge on any atom is -0.337 e. The van der Waals surface area contributed by atoms with E-state index >= 15 is 0 Å². The molecule has 1 aromatic carbocycles. The number of carbonyl (C=O) groups excluding carboxylic acids is 1. The average Bonchev–Trinajstić information content (AvgIpc) is 2.43. The fraction of sp³-hybridized carbons (Fsp3) is 0.214. The van der Waals surface area contributed by atoms with Crippen LogP contribution in [0.15, 0.2) is 30.3 Å². The summed E-state index contributed by atoms with van der Waals surface area (Å²) >= 11 is 0. The van der Waals surface area contributed by atoms with E-state index in [4.69, 9.17) is 10.5 Å². The van der Waals surface area contributed by atoms with Gasteiger partial charge >= 0.3 is 0 Å². The Kier molecular flexibility index (Phi) is 5.15. The number of carbonyl (C=O) groups is 1. The summed E-state index contributed by atoms with van der Waals surface area (Å²) < 4.78 is 0. The number of benzene rings is 1. The summed E-state index contributed by atoms with van der Waals surface area (Å²) in [4.78, 5) is 11.5. The van der Waals surface area contributed by atoms with Gasteiger partial charge in [0, 0.05) is 6.08 Å². The Hall–Kier alpha value is -2.59. The molecule has 0 spiro atoms. The van der Waals surface area contributed by atoms with Crippen molar-refractivity contribution >= 4 is 12.0 Å². The molecule has 1 atom stereocenters. The van der Waals surface area contributed by atoms with E-state index in [1.807, 2.05) is 19.1 Å². The van der Waals surface area contributed by atoms with Gasteiger partial charge in [-0.1, -0.05) is 19.1 Å². The summed E-state index contributed by atoms with van der Waals surface area (Å²) in [5.74, 6) is -0.298. The van der Waals surface area contributed by atoms with Crippen LogP contribution in [0.2, 0.25) is 0 Å². The zero-order valence-electron chi connectivity index (χ0n) is 10.1. The lowest BCUT2D eigenvalue weighted by molar-refractivity contribution is -0.116. The first kappa shape index (κ1) is 13.5. The molecule has 0 unspecified atom stereocenters. The molecule has 0 saturated carbocycles. The number of hydrogen-bond acceptors (Lipinski definition) is 3. The highest BCUT2D eigenvalue weighted by atomic mass is 16.1. The molecule has 1 amide bonds. The van der Waals surface area contributed by atoms with Gasteiger partial charge in [0.25, 0.3) is 0 Å². The van der Waals surface area contributed by atoms with Gasteiger partial charge in [0.05, 0.1) is 17.7 Å². The zero-order valence-corrected chi connectivity index (χ0v) is 10.1. The molecule has 0 heterocycles. The molecule has 0 aliphatic rings. The van der Waals surface area contributed by atoms with Gasteiger partial charge in [-0.15, -0.1) is 0 Å². The first-order valence-electron chi connectivity index (χ1n) is 5.58. The van der Waals surface area contributed by atoms with Crippen LogP contribution in [-0.4, -0.2) is 11.9 Å². The smallest absolute Gasteiger partial charge is 0.245 e. The summed E-state index contributed by atoms with van der Waals surface area (Å²) in [5.41, 5.74) is 1.40. The van der Waals surface area contributed by atoms with Gasteiger partial charge in [-0.2, -0.15) is 10.5 Å². The van der Waals surface area contributed by atoms with E-state index in [-0.39, 0.29) is 5.91 Å². The van der Waals surface area contributed by atoms with Crippen LogP contribution in [0, 0.1) is 22.7 Å². The van der Waals surface area contributed by atoms with E-state index in [1.165, 1.54) is 6.08 Å². The van der Waals surface area contributed by atoms with Crippen LogP contribution in [0.25, 0.3) is 6.08 Å². The van der Waals surface area contributed by atoms with Crippen molar-refractivity contribution in [3.63, 3.8) is 0 Å². The summed E-state index contributed by atoms with van der Waals surface area (Å²) in [5, 5.41) is 19.9. The number of nitrogens with one attached hydrogen (secondary N) is 1. The Morgan fingerprint density at radius 2 is 2.06 bits per heavy atom. The maximum absolute atomic E-state index is 11.5. The molecule has 1 rings (SSSR count). The number of hydrogen-bond donors (Lipinski definition) is 1. The van der Waals surface area contributed by atoms with Gasteiger partial charge in [-0.3, -0.25) is 4.79 Å². The molecule has 90 valence electrons. The van der Waals surface area contributed by atoms with E-state index in [9.17, 15) is 4.79 Å². The van der Waals surface area contributed by atoms with E-state index in [2.05, 4.69) is 5.32 Å². The highest BCUT2D eigenvalue weighted by Gasteiger charge is 2.05. The maximum atomic E-state index is 11.5. The fourth-order valence-corrected chi connectivity index (χ4v) is 1.29. The summed E-state index contributed by atoms with van der Waals surface area (Å²) in [6.07, 6.45) is 3.59. The highest BCUT2D eigenvalue weighted by Crippen LogP contribution is 2.05. The maximum Gasteiger partial charge on any atom is 0.245 e. The Bertz CT molecular complexity index is 517. The molecule has 0 radical (unpaired) electrons. The highest BCUT2D eigenvalue weighted by molar-refractivity contribution is 5.92. The Morgan fingerprint density at radius 1 is 1.39 bits per heavy atom. The Labute approximate surface area is 106 Å². The van der Waals surface area contributed by atoms with Crippen LogP contribution < -0.4 is 5.32 Å². The number of rotatable bonds is 4. The van der Waals surface area contributed by atoms with Crippen molar-refractivity contribution in [3.8, 4) is 12.1 Å². The lowest BCUT2D eigenvalue weighted by Crippen LogP contribution is -2.31. The molecule has 0 aliphatic heterocycles. The van der Waals surface area contributed by atoms with Crippen molar-refractivity contribution in [2.75, 3.05) is 0 Å². The lowest BCUT2D eigenvalue weighted by Gasteiger charge is -2.05. The summed E-state index contributed by atoms with van der Waals surface area (Å²) in [7, 11) is 0. The number of amides is 1. The Balaban J connectivity index is 2.61. The predicted molar refractivity (Wildman–Crippen MR) is 68.0 cm³/mol. The van der Waals surface area contributed by atoms with E-state index < -0.39 is 6.04 Å². The molecule has 1 aromatic rings. The second kappa shape index (κ2) is 6.88. The van der Waals surface area contributed by atoms with E-state index in [0.717, 1.165) is 5.56 Å². The molecular formula is C14H13N3O. The van der Waals surface area contributed by atoms with Crippen LogP contribution in [0.5, 0.6) is 0 Å². The topological polar surface area (TPSA) is 76.7 Å². The molecule has 4 heteroatoms. The summed E-state index contributed by atoms with van der Waals surface area (Å²) in [6, 6.07) is 10.4. The quantitative estimate of drug-likeness (QED) is 0.816. The van der Waals surface area contributed by atoms with Crippen LogP contribution >= 0.6 is 0 Å². The van der Waals surface area contributed by atoms with Crippen LogP contribution in [0.4, 0.5) is 0 Å². The molecule has 0 saturated heterocycles. The van der Waals surface area contributed by atoms with Crippen molar-refractivity contribution < 1.29 is 4.79 Å². The van der Waals surface area contributed by atoms with Crippen molar-refractivity contribution in [2.24, 2.45) is 0 Å². The molecule has 0 fully saturated rings. The van der Waals surface area contributed by atoms with Crippen LogP contribution in [0.3, 0.4) is 0 Å². The third-order valence-electron chi connectivity index (χ3n) is 2.35. The second-order valence-electron chi connectivity index (χ2n) is 3.67. The fourth-order valence-electron chi connectivity index (χ4n) is 1.29. The lowest BCUT2D eigenvalue weighted by atomic mass is 10.1. The van der Waals surface area contributed by atoms with E-state index in [1.54, 1.807) is 30.3 Å². The second-order valence-corrected chi connectivity index (χ2v) is 3.67. The van der Waals surface area contributed by atoms with Gasteiger partial charge in [-0.05, 0) is 30.2 Å². The van der Waals surface area contributed by atoms with Gasteiger partial charge in [0.1, 0.15) is 6.04 Å². The van der Waals surface area contributed by atoms with Gasteiger partial charge in [0.2, 0.25) is 5.91 Å². The summed E-state index contributed by atoms with van der Waals surface area (Å²) in [6.45, 7) is 1.83. The first-order valence-corrected chi connectivity index (χ1v) is 5.58. The molecular weight excluding hydrogens is 226 g/mol. The van der Waals surface area contributed by atoms with Gasteiger partial charge in [-0.25, -0.2) is 0 Å². The molecule has 0 aliphatic carbocycles. The van der Waals surface area contributed by atoms with Crippen molar-refractivity contribution in [2.45, 2.75) is 19.4 Å². The monoisotopic (exact) mass is 239 g/mol. The minimum absolute atomic E-state index is 0.298. The zero-order chi connectivity index (χ0) is 13.4. The molecule has 1 N–H and O–H groups in total. The largest absolute Gasteiger partial charge is 0.337 e. The standard InChI is InChI=1S/C14H13N3O/c1-2-13(10-16)17-14(18)8-7-11-3-5-12(9-15)6-4-11/h3-8,13H,2H2,1H3,(H,17,18)/b8-7-/t13-/m0/s1. The van der Waals surface area contributed by atoms with E-state index in [0.29, 0.717) is 12.0 Å². The Morgan fingerprint density at radius 3 is 2.56 bits per heavy atom. The van der Waals surface area contributed by atoms with Crippen LogP contribution in [-0.2, 0) is 4.79 Å². The predicted octanol–water partition coefficient (Wildman–Crippen LogP) is 1.99. The molecule has 18 heavy (non-hydrogen) atoms. The number of nitrogens with zero attached hydrogens (tertiary/aromatic N) is 2. The van der Waals surface area contributed by atoms with Crippen molar-refractivity contribution in [1.82, 2.24) is 5.32 Å². The molecule has 0 bridgehead atoms. The third-order valence-corrected chi connectivity index (χ3v) is 2.35. The third kappa shape index (κ3) is 4.11. The average molecular weight is 239 g/mol. The first-order chi connectivity index (χ1) is 8.69. The molecule has 0 aromatic heterocycles. The van der Waals surface area contributed by atoms with Gasteiger partial charge in [0.15, 0.2) is 0 Å². The molecule has 4 nitrogen and oxygen atoms in total. The SMILES string of the molecule is CC[C@@H](C#N)NC(=O)/C=C\c1ccc(C#N)cc1. The normalized spacial score (nSPS) is 11.5. The van der Waals surface area contributed by atoms with Gasteiger partial charge < -0.3 is 5.32 Å². The van der Waals surface area contributed by atoms with Crippen LogP contribution in [0.1, 0.15) is 24.5 Å². The minimum atomic E-state index is -0.455. The van der Waals surface area contributed by atoms with Crippen molar-refractivity contribution in [1.29, 1.82) is 10.5 Å². The number of nitriles is 2. The van der Waals surface area contributed by atoms with Crippen molar-refractivity contribution in [3.05, 3.63) is 41.5 Å².